The number of aliphatic hydroxyl groups excluding tert-OH is 1. The number of allylic oxidation sites excluding steroid dienone is 2. The molecule has 1 aromatic carbocycles. The lowest BCUT2D eigenvalue weighted by Gasteiger charge is -2.55. The lowest BCUT2D eigenvalue weighted by Crippen LogP contribution is -2.52. The summed E-state index contributed by atoms with van der Waals surface area (Å²) in [7, 11) is 0. The molecule has 5 atom stereocenters. The molecule has 164 valence electrons. The zero-order valence-corrected chi connectivity index (χ0v) is 18.8. The molecule has 0 spiro atoms. The van der Waals surface area contributed by atoms with Crippen LogP contribution in [0.5, 0.6) is 5.75 Å². The number of amides is 1. The second kappa shape index (κ2) is 8.97. The summed E-state index contributed by atoms with van der Waals surface area (Å²) in [5, 5.41) is 22.9. The number of carbonyl (C=O) groups excluding carboxylic acids is 1. The van der Waals surface area contributed by atoms with Crippen molar-refractivity contribution in [2.24, 2.45) is 29.1 Å². The van der Waals surface area contributed by atoms with Gasteiger partial charge >= 0.3 is 0 Å². The Morgan fingerprint density at radius 2 is 1.97 bits per heavy atom. The van der Waals surface area contributed by atoms with Gasteiger partial charge < -0.3 is 15.5 Å². The van der Waals surface area contributed by atoms with Crippen LogP contribution in [-0.2, 0) is 4.79 Å². The van der Waals surface area contributed by atoms with E-state index in [4.69, 9.17) is 0 Å². The van der Waals surface area contributed by atoms with Crippen LogP contribution in [0.15, 0.2) is 48.1 Å². The van der Waals surface area contributed by atoms with E-state index in [0.717, 1.165) is 37.7 Å². The first-order chi connectivity index (χ1) is 14.1. The molecule has 1 aromatic rings. The topological polar surface area (TPSA) is 69.6 Å². The predicted molar refractivity (Wildman–Crippen MR) is 122 cm³/mol. The number of fused-ring (bicyclic) bond motifs is 1. The quantitative estimate of drug-likeness (QED) is 0.331. The minimum Gasteiger partial charge on any atom is -0.508 e. The molecule has 4 heteroatoms. The number of rotatable bonds is 5. The maximum atomic E-state index is 12.3. The highest BCUT2D eigenvalue weighted by atomic mass is 16.3. The lowest BCUT2D eigenvalue weighted by atomic mass is 9.50. The molecule has 0 radical (unpaired) electrons. The van der Waals surface area contributed by atoms with E-state index < -0.39 is 0 Å². The summed E-state index contributed by atoms with van der Waals surface area (Å²) in [6.45, 7) is 13.2. The van der Waals surface area contributed by atoms with E-state index in [-0.39, 0.29) is 23.2 Å². The third-order valence-electron chi connectivity index (χ3n) is 7.66. The zero-order valence-electron chi connectivity index (χ0n) is 18.8. The number of anilines is 1. The molecule has 5 unspecified atom stereocenters. The van der Waals surface area contributed by atoms with Crippen molar-refractivity contribution in [2.45, 2.75) is 65.9 Å². The Morgan fingerprint density at radius 3 is 2.63 bits per heavy atom. The number of carbonyl (C=O) groups is 1. The van der Waals surface area contributed by atoms with Gasteiger partial charge in [-0.1, -0.05) is 38.5 Å². The van der Waals surface area contributed by atoms with Crippen molar-refractivity contribution in [3.8, 4) is 5.75 Å². The van der Waals surface area contributed by atoms with Gasteiger partial charge in [-0.3, -0.25) is 4.79 Å². The van der Waals surface area contributed by atoms with Gasteiger partial charge in [-0.2, -0.15) is 0 Å². The van der Waals surface area contributed by atoms with Crippen molar-refractivity contribution in [1.82, 2.24) is 0 Å². The number of phenols is 1. The van der Waals surface area contributed by atoms with E-state index in [2.05, 4.69) is 32.7 Å². The Balaban J connectivity index is 1.64. The van der Waals surface area contributed by atoms with E-state index in [0.29, 0.717) is 29.4 Å². The fourth-order valence-electron chi connectivity index (χ4n) is 5.79. The fourth-order valence-corrected chi connectivity index (χ4v) is 5.79. The number of benzene rings is 1. The molecule has 30 heavy (non-hydrogen) atoms. The highest BCUT2D eigenvalue weighted by Gasteiger charge is 2.51. The van der Waals surface area contributed by atoms with Crippen molar-refractivity contribution in [1.29, 1.82) is 0 Å². The van der Waals surface area contributed by atoms with Crippen molar-refractivity contribution < 1.29 is 15.0 Å². The lowest BCUT2D eigenvalue weighted by molar-refractivity contribution is -0.112. The standard InChI is InChI=1S/C26H37NO3/c1-16(14-24(30)27-19-8-10-20(28)11-9-19)6-12-21-17(2)7-13-22-25(21)18(3)15-23(29)26(22,4)5/h8-11,14,18,21-23,25,28-29H,2,6-7,12-13,15H2,1,3-5H3,(H,27,30)/b16-14+. The van der Waals surface area contributed by atoms with Gasteiger partial charge in [0.05, 0.1) is 6.10 Å². The second-order valence-corrected chi connectivity index (χ2v) is 10.1. The van der Waals surface area contributed by atoms with Crippen LogP contribution >= 0.6 is 0 Å². The zero-order chi connectivity index (χ0) is 22.1. The third-order valence-corrected chi connectivity index (χ3v) is 7.66. The number of nitrogens with one attached hydrogen (secondary N) is 1. The van der Waals surface area contributed by atoms with Gasteiger partial charge in [0.1, 0.15) is 5.75 Å². The largest absolute Gasteiger partial charge is 0.508 e. The number of phenolic OH excluding ortho intramolecular Hbond substituents is 1. The average Bonchev–Trinajstić information content (AvgIpc) is 2.67. The van der Waals surface area contributed by atoms with Gasteiger partial charge in [-0.05, 0) is 92.4 Å². The number of hydrogen-bond donors (Lipinski definition) is 3. The van der Waals surface area contributed by atoms with Crippen LogP contribution in [0.4, 0.5) is 5.69 Å². The molecule has 2 aliphatic rings. The van der Waals surface area contributed by atoms with Crippen LogP contribution in [0.2, 0.25) is 0 Å². The molecule has 2 aliphatic carbocycles. The molecule has 2 fully saturated rings. The maximum Gasteiger partial charge on any atom is 0.248 e. The summed E-state index contributed by atoms with van der Waals surface area (Å²) in [6, 6.07) is 6.48. The summed E-state index contributed by atoms with van der Waals surface area (Å²) < 4.78 is 0. The van der Waals surface area contributed by atoms with E-state index >= 15 is 0 Å². The SMILES string of the molecule is C=C1CCC2C(C(C)CC(O)C2(C)C)C1CC/C(C)=C/C(=O)Nc1ccc(O)cc1. The molecule has 0 bridgehead atoms. The van der Waals surface area contributed by atoms with E-state index in [1.807, 2.05) is 6.92 Å². The van der Waals surface area contributed by atoms with Crippen LogP contribution in [-0.4, -0.2) is 22.2 Å². The van der Waals surface area contributed by atoms with Gasteiger partial charge in [-0.15, -0.1) is 0 Å². The Labute approximate surface area is 181 Å². The fraction of sp³-hybridized carbons (Fsp3) is 0.577. The summed E-state index contributed by atoms with van der Waals surface area (Å²) >= 11 is 0. The number of aromatic hydroxyl groups is 1. The molecular formula is C26H37NO3. The highest BCUT2D eigenvalue weighted by Crippen LogP contribution is 2.56. The van der Waals surface area contributed by atoms with Crippen LogP contribution < -0.4 is 5.32 Å². The maximum absolute atomic E-state index is 12.3. The van der Waals surface area contributed by atoms with E-state index in [9.17, 15) is 15.0 Å². The summed E-state index contributed by atoms with van der Waals surface area (Å²) in [5.74, 6) is 2.06. The molecule has 0 aliphatic heterocycles. The average molecular weight is 412 g/mol. The molecule has 3 N–H and O–H groups in total. The Morgan fingerprint density at radius 1 is 1.30 bits per heavy atom. The first-order valence-electron chi connectivity index (χ1n) is 11.2. The first-order valence-corrected chi connectivity index (χ1v) is 11.2. The van der Waals surface area contributed by atoms with Crippen LogP contribution in [0.25, 0.3) is 0 Å². The van der Waals surface area contributed by atoms with Gasteiger partial charge in [0.25, 0.3) is 0 Å². The van der Waals surface area contributed by atoms with Gasteiger partial charge in [0.15, 0.2) is 0 Å². The second-order valence-electron chi connectivity index (χ2n) is 10.1. The Hall–Kier alpha value is -2.07. The molecule has 0 heterocycles. The predicted octanol–water partition coefficient (Wildman–Crippen LogP) is 5.68. The minimum atomic E-state index is -0.231. The van der Waals surface area contributed by atoms with Crippen LogP contribution in [0.1, 0.15) is 59.8 Å². The molecule has 2 saturated carbocycles. The first kappa shape index (κ1) is 22.6. The van der Waals surface area contributed by atoms with Crippen LogP contribution in [0, 0.1) is 29.1 Å². The van der Waals surface area contributed by atoms with E-state index in [1.54, 1.807) is 30.3 Å². The highest BCUT2D eigenvalue weighted by molar-refractivity contribution is 5.99. The summed E-state index contributed by atoms with van der Waals surface area (Å²) in [6.07, 6.45) is 6.34. The Kier molecular flexibility index (Phi) is 6.76. The van der Waals surface area contributed by atoms with Gasteiger partial charge in [0, 0.05) is 11.8 Å². The number of aliphatic hydroxyl groups is 1. The third kappa shape index (κ3) is 4.80. The summed E-state index contributed by atoms with van der Waals surface area (Å²) in [5.41, 5.74) is 3.02. The molecule has 0 saturated heterocycles. The minimum absolute atomic E-state index is 0.0506. The smallest absolute Gasteiger partial charge is 0.248 e. The molecule has 0 aromatic heterocycles. The molecule has 4 nitrogen and oxygen atoms in total. The van der Waals surface area contributed by atoms with E-state index in [1.165, 1.54) is 5.57 Å². The normalized spacial score (nSPS) is 31.2. The molecule has 1 amide bonds. The Bertz CT molecular complexity index is 808. The molecule has 3 rings (SSSR count). The van der Waals surface area contributed by atoms with Crippen LogP contribution in [0.3, 0.4) is 0 Å². The van der Waals surface area contributed by atoms with Crippen molar-refractivity contribution in [2.75, 3.05) is 5.32 Å². The number of hydrogen-bond acceptors (Lipinski definition) is 3. The van der Waals surface area contributed by atoms with Gasteiger partial charge in [-0.25, -0.2) is 0 Å². The van der Waals surface area contributed by atoms with Crippen molar-refractivity contribution in [3.05, 3.63) is 48.1 Å². The monoisotopic (exact) mass is 411 g/mol. The van der Waals surface area contributed by atoms with Crippen molar-refractivity contribution >= 4 is 11.6 Å². The molecular weight excluding hydrogens is 374 g/mol. The van der Waals surface area contributed by atoms with Crippen molar-refractivity contribution in [3.63, 3.8) is 0 Å². The summed E-state index contributed by atoms with van der Waals surface area (Å²) in [4.78, 5) is 12.3. The van der Waals surface area contributed by atoms with Gasteiger partial charge in [0.2, 0.25) is 5.91 Å².